The molecule has 0 aliphatic carbocycles. The van der Waals surface area contributed by atoms with Gasteiger partial charge in [0.25, 0.3) is 29.5 Å². The summed E-state index contributed by atoms with van der Waals surface area (Å²) in [5.41, 5.74) is 7.23. The van der Waals surface area contributed by atoms with Crippen molar-refractivity contribution >= 4 is 98.9 Å². The van der Waals surface area contributed by atoms with Gasteiger partial charge in [0.2, 0.25) is 35.4 Å². The minimum absolute atomic E-state index is 0.00579. The Morgan fingerprint density at radius 1 is 0.466 bits per heavy atom. The van der Waals surface area contributed by atoms with Crippen molar-refractivity contribution in [3.8, 4) is 0 Å². The van der Waals surface area contributed by atoms with Crippen molar-refractivity contribution in [2.24, 2.45) is 35.2 Å². The number of aromatic nitrogens is 6. The number of aryl methyl sites for hydroxylation is 5. The van der Waals surface area contributed by atoms with E-state index in [1.807, 2.05) is 60.5 Å². The summed E-state index contributed by atoms with van der Waals surface area (Å²) in [6.45, 7) is 7.66. The Labute approximate surface area is 672 Å². The normalized spacial score (nSPS) is 11.9. The number of hydrogen-bond donors (Lipinski definition) is 10. The molecule has 0 atom stereocenters. The maximum atomic E-state index is 13.4. The third kappa shape index (κ3) is 28.9. The summed E-state index contributed by atoms with van der Waals surface area (Å²) in [6.07, 6.45) is 10.3. The Morgan fingerprint density at radius 2 is 0.948 bits per heavy atom. The Morgan fingerprint density at radius 3 is 1.45 bits per heavy atom. The smallest absolute Gasteiger partial charge is 0.287 e. The Kier molecular flexibility index (Phi) is 36.9. The van der Waals surface area contributed by atoms with Crippen molar-refractivity contribution in [3.63, 3.8) is 0 Å². The third-order valence-corrected chi connectivity index (χ3v) is 18.2. The monoisotopic (exact) mass is 1610 g/mol. The molecule has 1 aliphatic rings. The summed E-state index contributed by atoms with van der Waals surface area (Å²) in [4.78, 5) is 138. The van der Waals surface area contributed by atoms with Crippen LogP contribution in [0, 0.1) is 0 Å². The van der Waals surface area contributed by atoms with E-state index in [4.69, 9.17) is 37.9 Å². The van der Waals surface area contributed by atoms with Crippen LogP contribution in [0.2, 0.25) is 0 Å². The zero-order chi connectivity index (χ0) is 83.3. The highest BCUT2D eigenvalue weighted by molar-refractivity contribution is 6.06. The van der Waals surface area contributed by atoms with Crippen LogP contribution in [0.4, 0.5) is 34.3 Å². The number of benzene rings is 2. The van der Waals surface area contributed by atoms with E-state index in [1.165, 1.54) is 56.1 Å². The van der Waals surface area contributed by atoms with Gasteiger partial charge in [-0.05, 0) is 71.1 Å². The number of imidazole rings is 1. The van der Waals surface area contributed by atoms with E-state index >= 15 is 0 Å². The largest absolute Gasteiger partial charge is 0.392 e. The van der Waals surface area contributed by atoms with Crippen LogP contribution in [0.15, 0.2) is 110 Å². The van der Waals surface area contributed by atoms with Gasteiger partial charge in [0.1, 0.15) is 36.1 Å². The topological polar surface area (TPSA) is 428 Å². The number of rotatable bonds is 51. The van der Waals surface area contributed by atoms with Crippen molar-refractivity contribution in [1.29, 1.82) is 0 Å². The van der Waals surface area contributed by atoms with E-state index < -0.39 is 42.2 Å². The molecule has 10 amide bonds. The molecule has 37 heteroatoms. The third-order valence-electron chi connectivity index (χ3n) is 18.2. The van der Waals surface area contributed by atoms with E-state index in [2.05, 4.69) is 47.5 Å². The highest BCUT2D eigenvalue weighted by Crippen LogP contribution is 2.35. The molecule has 0 bridgehead atoms. The molecule has 8 rings (SSSR count). The van der Waals surface area contributed by atoms with Crippen LogP contribution in [0.3, 0.4) is 0 Å². The minimum atomic E-state index is -0.568. The van der Waals surface area contributed by atoms with Gasteiger partial charge in [-0.15, -0.1) is 0 Å². The van der Waals surface area contributed by atoms with Crippen LogP contribution in [0.5, 0.6) is 0 Å². The molecule has 10 N–H and O–H groups in total. The van der Waals surface area contributed by atoms with Crippen LogP contribution in [0.25, 0.3) is 5.57 Å². The van der Waals surface area contributed by atoms with E-state index in [0.29, 0.717) is 140 Å². The summed E-state index contributed by atoms with van der Waals surface area (Å²) in [5.74, 6) is -3.94. The van der Waals surface area contributed by atoms with E-state index in [-0.39, 0.29) is 124 Å². The van der Waals surface area contributed by atoms with Gasteiger partial charge >= 0.3 is 0 Å². The van der Waals surface area contributed by atoms with Gasteiger partial charge < -0.3 is 123 Å². The van der Waals surface area contributed by atoms with Gasteiger partial charge in [-0.25, -0.2) is 4.98 Å². The molecule has 0 saturated heterocycles. The molecule has 0 radical (unpaired) electrons. The Balaban J connectivity index is 0.559. The van der Waals surface area contributed by atoms with E-state index in [1.54, 1.807) is 80.0 Å². The second-order valence-corrected chi connectivity index (χ2v) is 26.8. The number of hydrogen-bond acceptors (Lipinski definition) is 22. The molecule has 6 heterocycles. The summed E-state index contributed by atoms with van der Waals surface area (Å²) in [7, 11) is 10.1. The van der Waals surface area contributed by atoms with Crippen molar-refractivity contribution in [3.05, 3.63) is 155 Å². The molecular formula is C79H107N17O20. The summed E-state index contributed by atoms with van der Waals surface area (Å²) in [6, 6.07) is 21.3. The van der Waals surface area contributed by atoms with E-state index in [9.17, 15) is 58.2 Å². The van der Waals surface area contributed by atoms with Gasteiger partial charge in [-0.3, -0.25) is 52.8 Å². The fourth-order valence-corrected chi connectivity index (χ4v) is 12.1. The van der Waals surface area contributed by atoms with Crippen LogP contribution in [-0.2, 0) is 110 Å². The van der Waals surface area contributed by atoms with Crippen molar-refractivity contribution in [2.75, 3.05) is 190 Å². The summed E-state index contributed by atoms with van der Waals surface area (Å²) in [5, 5.41) is 41.6. The fraction of sp³-hybridized carbons (Fsp3) is 0.456. The van der Waals surface area contributed by atoms with Gasteiger partial charge in [-0.2, -0.15) is 0 Å². The van der Waals surface area contributed by atoms with Gasteiger partial charge in [0.05, 0.1) is 134 Å². The Hall–Kier alpha value is -11.4. The standard InChI is InChI=1S/C79H107N17O20/c1-55(99)96(54-98)63-15-14-57(43-65(63)90(3)47-58-11-8-9-12-59(58)52-97)56-19-26-95(27-20-56)73(103)53-116-42-41-115-40-39-114-38-37-113-36-35-112-34-33-111-32-31-110-30-29-109-28-24-80-70(100)16-21-83-79(108)74-88-69(51-94(74)7)87-72(102)18-23-82-76(105)67-46-62(50-92(67)5)86-78(107)68-44-60(48-93(68)6)84-71(101)17-22-81-75(104)66-45-61(49-91(66)4)85-77(106)64-13-10-25-89(64)2/h8-15,19,25,43-46,48-51,97-98H,16-18,20-24,26-42,47,52-54H2,1-7H3,(H,80,100)(H,81,104)(H,82,105)(H,83,108)(H,84,101)(H,85,106)(H,86,107)(H,87,102). The molecule has 628 valence electrons. The van der Waals surface area contributed by atoms with Crippen molar-refractivity contribution < 1.29 is 96.1 Å². The lowest BCUT2D eigenvalue weighted by Gasteiger charge is -2.30. The molecule has 0 fully saturated rings. The van der Waals surface area contributed by atoms with Crippen molar-refractivity contribution in [2.45, 2.75) is 45.8 Å². The molecule has 116 heavy (non-hydrogen) atoms. The lowest BCUT2D eigenvalue weighted by molar-refractivity contribution is -0.136. The number of amides is 10. The van der Waals surface area contributed by atoms with E-state index in [0.717, 1.165) is 28.0 Å². The number of anilines is 6. The first-order valence-corrected chi connectivity index (χ1v) is 38.0. The molecule has 2 aromatic carbocycles. The molecule has 7 aromatic rings. The number of nitrogens with one attached hydrogen (secondary N) is 8. The maximum absolute atomic E-state index is 13.4. The van der Waals surface area contributed by atoms with Crippen LogP contribution in [-0.4, -0.2) is 261 Å². The number of carbonyl (C=O) groups excluding carboxylic acids is 10. The number of aliphatic hydroxyl groups is 2. The average molecular weight is 1610 g/mol. The average Bonchev–Trinajstić information content (AvgIpc) is 1.23. The first-order valence-electron chi connectivity index (χ1n) is 38.0. The minimum Gasteiger partial charge on any atom is -0.392 e. The molecule has 1 aliphatic heterocycles. The number of aliphatic hydroxyl groups excluding tert-OH is 2. The van der Waals surface area contributed by atoms with Crippen LogP contribution in [0.1, 0.15) is 102 Å². The second-order valence-electron chi connectivity index (χ2n) is 26.8. The second kappa shape index (κ2) is 47.5. The highest BCUT2D eigenvalue weighted by atomic mass is 16.6. The number of carbonyl (C=O) groups is 10. The van der Waals surface area contributed by atoms with Crippen LogP contribution >= 0.6 is 0 Å². The molecular weight excluding hydrogens is 1510 g/mol. The predicted molar refractivity (Wildman–Crippen MR) is 429 cm³/mol. The number of nitrogens with zero attached hydrogens (tertiary/aromatic N) is 9. The first-order chi connectivity index (χ1) is 56.0. The molecule has 0 spiro atoms. The summed E-state index contributed by atoms with van der Waals surface area (Å²) >= 11 is 0. The van der Waals surface area contributed by atoms with Gasteiger partial charge in [0.15, 0.2) is 5.82 Å². The lowest BCUT2D eigenvalue weighted by atomic mass is 9.97. The first kappa shape index (κ1) is 90.2. The fourth-order valence-electron chi connectivity index (χ4n) is 12.1. The highest BCUT2D eigenvalue weighted by Gasteiger charge is 2.25. The van der Waals surface area contributed by atoms with Crippen LogP contribution < -0.4 is 52.3 Å². The molecule has 0 unspecified atom stereocenters. The number of ether oxygens (including phenoxy) is 8. The zero-order valence-electron chi connectivity index (χ0n) is 66.7. The van der Waals surface area contributed by atoms with Gasteiger partial charge in [0, 0.05) is 145 Å². The lowest BCUT2D eigenvalue weighted by Crippen LogP contribution is -2.37. The molecule has 5 aromatic heterocycles. The quantitative estimate of drug-likeness (QED) is 0.0193. The predicted octanol–water partition coefficient (Wildman–Crippen LogP) is 2.91. The summed E-state index contributed by atoms with van der Waals surface area (Å²) < 4.78 is 52.1. The molecule has 37 nitrogen and oxygen atoms in total. The van der Waals surface area contributed by atoms with Gasteiger partial charge in [-0.1, -0.05) is 36.4 Å². The maximum Gasteiger partial charge on any atom is 0.287 e. The SMILES string of the molecule is CC(=O)N(CO)c1ccc(C2=CCN(C(=O)COCCOCCOCCOCCOCCOCCOCCOCCNC(=O)CCNC(=O)c3nc(NC(=O)CCNC(=O)c4cc(NC(=O)c5cc(NC(=O)CCNC(=O)c6cc(NC(=O)c7cccn7C)cn6C)cn5C)cn4C)cn3C)CC2)cc1N(C)Cc1ccccc1CO. The molecule has 0 saturated carbocycles. The zero-order valence-corrected chi connectivity index (χ0v) is 66.7. The van der Waals surface area contributed by atoms with Crippen molar-refractivity contribution in [1.82, 2.24) is 54.0 Å². The Bertz CT molecular complexity index is 4460.